The Morgan fingerprint density at radius 2 is 1.75 bits per heavy atom. The highest BCUT2D eigenvalue weighted by Crippen LogP contribution is 2.23. The molecule has 0 fully saturated rings. The summed E-state index contributed by atoms with van der Waals surface area (Å²) in [6.45, 7) is 3.43. The third kappa shape index (κ3) is 4.49. The van der Waals surface area contributed by atoms with Crippen LogP contribution in [0.15, 0.2) is 42.5 Å². The van der Waals surface area contributed by atoms with E-state index in [1.54, 1.807) is 25.1 Å². The van der Waals surface area contributed by atoms with Crippen molar-refractivity contribution >= 4 is 23.5 Å². The highest BCUT2D eigenvalue weighted by atomic mass is 35.5. The number of hydrogen-bond donors (Lipinski definition) is 0. The molecule has 0 saturated heterocycles. The predicted octanol–water partition coefficient (Wildman–Crippen LogP) is 3.81. The van der Waals surface area contributed by atoms with Crippen molar-refractivity contribution < 1.29 is 23.8 Å². The summed E-state index contributed by atoms with van der Waals surface area (Å²) in [5.74, 6) is -0.126. The fraction of sp³-hybridized carbons (Fsp3) is 0.222. The molecule has 0 bridgehead atoms. The van der Waals surface area contributed by atoms with Crippen molar-refractivity contribution in [1.29, 1.82) is 0 Å². The Labute approximate surface area is 145 Å². The van der Waals surface area contributed by atoms with Crippen LogP contribution in [0.25, 0.3) is 0 Å². The van der Waals surface area contributed by atoms with E-state index >= 15 is 0 Å². The summed E-state index contributed by atoms with van der Waals surface area (Å²) in [5.41, 5.74) is 1.20. The molecule has 5 nitrogen and oxygen atoms in total. The number of ether oxygens (including phenoxy) is 3. The van der Waals surface area contributed by atoms with Gasteiger partial charge in [0.15, 0.2) is 6.10 Å². The SMILES string of the molecule is COC(=O)c1ccc(OC(=O)C(C)Oc2ccc(Cl)cc2C)cc1. The van der Waals surface area contributed by atoms with E-state index in [-0.39, 0.29) is 0 Å². The fourth-order valence-corrected chi connectivity index (χ4v) is 2.19. The molecule has 24 heavy (non-hydrogen) atoms. The molecule has 0 aliphatic rings. The van der Waals surface area contributed by atoms with Crippen LogP contribution in [-0.4, -0.2) is 25.2 Å². The second-order valence-electron chi connectivity index (χ2n) is 5.11. The number of hydrogen-bond acceptors (Lipinski definition) is 5. The van der Waals surface area contributed by atoms with E-state index in [1.165, 1.54) is 31.4 Å². The van der Waals surface area contributed by atoms with E-state index in [4.69, 9.17) is 21.1 Å². The lowest BCUT2D eigenvalue weighted by Gasteiger charge is -2.15. The van der Waals surface area contributed by atoms with E-state index in [0.717, 1.165) is 5.56 Å². The van der Waals surface area contributed by atoms with Gasteiger partial charge >= 0.3 is 11.9 Å². The van der Waals surface area contributed by atoms with Crippen LogP contribution < -0.4 is 9.47 Å². The second kappa shape index (κ2) is 7.84. The lowest BCUT2D eigenvalue weighted by molar-refractivity contribution is -0.141. The van der Waals surface area contributed by atoms with Gasteiger partial charge in [0.1, 0.15) is 11.5 Å². The summed E-state index contributed by atoms with van der Waals surface area (Å²) >= 11 is 5.89. The van der Waals surface area contributed by atoms with Crippen LogP contribution in [0, 0.1) is 6.92 Å². The molecule has 0 saturated carbocycles. The molecule has 2 aromatic carbocycles. The number of esters is 2. The summed E-state index contributed by atoms with van der Waals surface area (Å²) in [4.78, 5) is 23.5. The van der Waals surface area contributed by atoms with Crippen LogP contribution in [0.3, 0.4) is 0 Å². The number of carbonyl (C=O) groups excluding carboxylic acids is 2. The number of rotatable bonds is 5. The van der Waals surface area contributed by atoms with Gasteiger partial charge in [0.25, 0.3) is 0 Å². The Balaban J connectivity index is 1.99. The number of benzene rings is 2. The first kappa shape index (κ1) is 17.8. The molecule has 2 aromatic rings. The molecule has 126 valence electrons. The quantitative estimate of drug-likeness (QED) is 0.607. The first-order chi connectivity index (χ1) is 11.4. The Hall–Kier alpha value is -2.53. The van der Waals surface area contributed by atoms with Crippen molar-refractivity contribution in [3.05, 3.63) is 58.6 Å². The van der Waals surface area contributed by atoms with Crippen LogP contribution in [0.4, 0.5) is 0 Å². The summed E-state index contributed by atoms with van der Waals surface area (Å²) in [5, 5.41) is 0.598. The Bertz CT molecular complexity index is 740. The maximum Gasteiger partial charge on any atom is 0.352 e. The summed E-state index contributed by atoms with van der Waals surface area (Å²) in [6.07, 6.45) is -0.801. The van der Waals surface area contributed by atoms with Gasteiger partial charge in [-0.15, -0.1) is 0 Å². The minimum Gasteiger partial charge on any atom is -0.479 e. The van der Waals surface area contributed by atoms with Gasteiger partial charge in [0, 0.05) is 5.02 Å². The van der Waals surface area contributed by atoms with Crippen LogP contribution in [0.2, 0.25) is 5.02 Å². The molecule has 0 aromatic heterocycles. The molecule has 1 atom stereocenters. The van der Waals surface area contributed by atoms with E-state index in [0.29, 0.717) is 22.1 Å². The Kier molecular flexibility index (Phi) is 5.82. The average molecular weight is 349 g/mol. The van der Waals surface area contributed by atoms with Crippen molar-refractivity contribution in [2.75, 3.05) is 7.11 Å². The van der Waals surface area contributed by atoms with Gasteiger partial charge in [0.2, 0.25) is 0 Å². The van der Waals surface area contributed by atoms with Gasteiger partial charge in [-0.2, -0.15) is 0 Å². The summed E-state index contributed by atoms with van der Waals surface area (Å²) in [7, 11) is 1.30. The molecular weight excluding hydrogens is 332 g/mol. The van der Waals surface area contributed by atoms with Gasteiger partial charge in [-0.25, -0.2) is 9.59 Å². The van der Waals surface area contributed by atoms with Gasteiger partial charge in [-0.3, -0.25) is 0 Å². The maximum atomic E-state index is 12.1. The van der Waals surface area contributed by atoms with E-state index in [1.807, 2.05) is 6.92 Å². The monoisotopic (exact) mass is 348 g/mol. The van der Waals surface area contributed by atoms with Crippen LogP contribution in [0.5, 0.6) is 11.5 Å². The Morgan fingerprint density at radius 3 is 2.33 bits per heavy atom. The first-order valence-corrected chi connectivity index (χ1v) is 7.61. The highest BCUT2D eigenvalue weighted by molar-refractivity contribution is 6.30. The third-order valence-corrected chi connectivity index (χ3v) is 3.50. The minimum atomic E-state index is -0.801. The van der Waals surface area contributed by atoms with Gasteiger partial charge in [-0.1, -0.05) is 11.6 Å². The molecule has 1 unspecified atom stereocenters. The molecule has 6 heteroatoms. The zero-order chi connectivity index (χ0) is 17.7. The lowest BCUT2D eigenvalue weighted by Crippen LogP contribution is -2.28. The highest BCUT2D eigenvalue weighted by Gasteiger charge is 2.18. The smallest absolute Gasteiger partial charge is 0.352 e. The Morgan fingerprint density at radius 1 is 1.08 bits per heavy atom. The van der Waals surface area contributed by atoms with Gasteiger partial charge in [-0.05, 0) is 61.9 Å². The summed E-state index contributed by atoms with van der Waals surface area (Å²) < 4.78 is 15.4. The molecule has 2 rings (SSSR count). The fourth-order valence-electron chi connectivity index (χ4n) is 1.96. The molecule has 0 spiro atoms. The normalized spacial score (nSPS) is 11.5. The molecule has 0 radical (unpaired) electrons. The van der Waals surface area contributed by atoms with Crippen LogP contribution >= 0.6 is 11.6 Å². The lowest BCUT2D eigenvalue weighted by atomic mass is 10.2. The van der Waals surface area contributed by atoms with Crippen LogP contribution in [-0.2, 0) is 9.53 Å². The standard InChI is InChI=1S/C18H17ClO5/c1-11-10-14(19)6-9-16(11)23-12(2)17(20)24-15-7-4-13(5-8-15)18(21)22-3/h4-10,12H,1-3H3. The zero-order valence-electron chi connectivity index (χ0n) is 13.5. The van der Waals surface area contributed by atoms with Gasteiger partial charge < -0.3 is 14.2 Å². The predicted molar refractivity (Wildman–Crippen MR) is 89.7 cm³/mol. The average Bonchev–Trinajstić information content (AvgIpc) is 2.57. The van der Waals surface area contributed by atoms with E-state index in [9.17, 15) is 9.59 Å². The van der Waals surface area contributed by atoms with Crippen molar-refractivity contribution in [2.45, 2.75) is 20.0 Å². The van der Waals surface area contributed by atoms with Crippen LogP contribution in [0.1, 0.15) is 22.8 Å². The number of carbonyl (C=O) groups is 2. The van der Waals surface area contributed by atoms with E-state index < -0.39 is 18.0 Å². The second-order valence-corrected chi connectivity index (χ2v) is 5.54. The molecule has 0 amide bonds. The van der Waals surface area contributed by atoms with E-state index in [2.05, 4.69) is 4.74 Å². The van der Waals surface area contributed by atoms with Crippen molar-refractivity contribution in [2.24, 2.45) is 0 Å². The number of halogens is 1. The van der Waals surface area contributed by atoms with Crippen molar-refractivity contribution in [3.63, 3.8) is 0 Å². The largest absolute Gasteiger partial charge is 0.479 e. The number of methoxy groups -OCH3 is 1. The number of aryl methyl sites for hydroxylation is 1. The first-order valence-electron chi connectivity index (χ1n) is 7.23. The molecule has 0 aliphatic carbocycles. The molecule has 0 aliphatic heterocycles. The zero-order valence-corrected chi connectivity index (χ0v) is 14.3. The molecule has 0 N–H and O–H groups in total. The summed E-state index contributed by atoms with van der Waals surface area (Å²) in [6, 6.07) is 11.2. The topological polar surface area (TPSA) is 61.8 Å². The van der Waals surface area contributed by atoms with Gasteiger partial charge in [0.05, 0.1) is 12.7 Å². The maximum absolute atomic E-state index is 12.1. The molecular formula is C18H17ClO5. The third-order valence-electron chi connectivity index (χ3n) is 3.27. The van der Waals surface area contributed by atoms with Crippen molar-refractivity contribution in [1.82, 2.24) is 0 Å². The minimum absolute atomic E-state index is 0.316. The van der Waals surface area contributed by atoms with Crippen molar-refractivity contribution in [3.8, 4) is 11.5 Å². The molecule has 0 heterocycles.